The number of nitrogens with one attached hydrogen (secondary N) is 1. The van der Waals surface area contributed by atoms with Crippen LogP contribution in [0.25, 0.3) is 5.69 Å². The number of nitrogens with zero attached hydrogens (tertiary/aromatic N) is 2. The van der Waals surface area contributed by atoms with Crippen molar-refractivity contribution in [1.29, 1.82) is 0 Å². The molecule has 0 spiro atoms. The fraction of sp³-hybridized carbons (Fsp3) is 0.308. The molecule has 94 valence electrons. The van der Waals surface area contributed by atoms with Crippen molar-refractivity contribution in [3.63, 3.8) is 0 Å². The van der Waals surface area contributed by atoms with Gasteiger partial charge in [0.05, 0.1) is 12.0 Å². The highest BCUT2D eigenvalue weighted by atomic mass is 79.9. The molecule has 3 nitrogen and oxygen atoms in total. The van der Waals surface area contributed by atoms with Gasteiger partial charge in [-0.3, -0.25) is 0 Å². The largest absolute Gasteiger partial charge is 0.316 e. The van der Waals surface area contributed by atoms with Gasteiger partial charge in [0, 0.05) is 28.8 Å². The van der Waals surface area contributed by atoms with Crippen LogP contribution in [0.4, 0.5) is 4.39 Å². The molecule has 1 aromatic carbocycles. The third-order valence-electron chi connectivity index (χ3n) is 3.31. The van der Waals surface area contributed by atoms with E-state index in [0.29, 0.717) is 5.92 Å². The maximum Gasteiger partial charge on any atom is 0.125 e. The summed E-state index contributed by atoms with van der Waals surface area (Å²) in [6.45, 7) is 1.98. The lowest BCUT2D eigenvalue weighted by Crippen LogP contribution is -2.11. The minimum absolute atomic E-state index is 0.239. The smallest absolute Gasteiger partial charge is 0.125 e. The van der Waals surface area contributed by atoms with Gasteiger partial charge in [-0.05, 0) is 47.1 Å². The first-order chi connectivity index (χ1) is 8.75. The molecule has 3 rings (SSSR count). The Morgan fingerprint density at radius 3 is 3.11 bits per heavy atom. The summed E-state index contributed by atoms with van der Waals surface area (Å²) in [7, 11) is 0. The zero-order valence-corrected chi connectivity index (χ0v) is 11.3. The minimum atomic E-state index is -0.239. The lowest BCUT2D eigenvalue weighted by atomic mass is 10.1. The molecule has 0 radical (unpaired) electrons. The fourth-order valence-corrected chi connectivity index (χ4v) is 2.82. The molecule has 1 aliphatic heterocycles. The molecule has 1 saturated heterocycles. The van der Waals surface area contributed by atoms with Crippen molar-refractivity contribution in [1.82, 2.24) is 14.9 Å². The number of aromatic nitrogens is 2. The van der Waals surface area contributed by atoms with Crippen molar-refractivity contribution in [3.8, 4) is 5.69 Å². The third kappa shape index (κ3) is 2.08. The molecule has 0 amide bonds. The van der Waals surface area contributed by atoms with Gasteiger partial charge in [0.15, 0.2) is 0 Å². The molecule has 2 heterocycles. The standard InChI is InChI=1S/C13H13BrFN3/c14-11-2-1-10(15)5-12(11)18-8-17-7-13(18)9-3-4-16-6-9/h1-2,5,7-9,16H,3-4,6H2. The molecule has 0 aliphatic carbocycles. The highest BCUT2D eigenvalue weighted by molar-refractivity contribution is 9.10. The molecule has 1 unspecified atom stereocenters. The van der Waals surface area contributed by atoms with Gasteiger partial charge >= 0.3 is 0 Å². The van der Waals surface area contributed by atoms with Gasteiger partial charge < -0.3 is 9.88 Å². The summed E-state index contributed by atoms with van der Waals surface area (Å²) in [5.41, 5.74) is 1.93. The van der Waals surface area contributed by atoms with Crippen LogP contribution in [-0.2, 0) is 0 Å². The van der Waals surface area contributed by atoms with E-state index >= 15 is 0 Å². The summed E-state index contributed by atoms with van der Waals surface area (Å²) in [6, 6.07) is 4.69. The Hall–Kier alpha value is -1.20. The Bertz CT molecular complexity index is 561. The van der Waals surface area contributed by atoms with Crippen LogP contribution in [0.5, 0.6) is 0 Å². The molecule has 0 saturated carbocycles. The van der Waals surface area contributed by atoms with Crippen LogP contribution in [0, 0.1) is 5.82 Å². The zero-order valence-electron chi connectivity index (χ0n) is 9.74. The van der Waals surface area contributed by atoms with E-state index in [4.69, 9.17) is 0 Å². The summed E-state index contributed by atoms with van der Waals surface area (Å²) < 4.78 is 16.2. The molecule has 5 heteroatoms. The van der Waals surface area contributed by atoms with E-state index in [2.05, 4.69) is 26.2 Å². The molecular weight excluding hydrogens is 297 g/mol. The normalized spacial score (nSPS) is 19.3. The Balaban J connectivity index is 2.06. The van der Waals surface area contributed by atoms with E-state index in [1.54, 1.807) is 12.4 Å². The first-order valence-corrected chi connectivity index (χ1v) is 6.73. The number of rotatable bonds is 2. The predicted molar refractivity (Wildman–Crippen MR) is 71.4 cm³/mol. The van der Waals surface area contributed by atoms with Crippen LogP contribution < -0.4 is 5.32 Å². The van der Waals surface area contributed by atoms with E-state index in [0.717, 1.165) is 35.4 Å². The molecular formula is C13H13BrFN3. The number of hydrogen-bond donors (Lipinski definition) is 1. The summed E-state index contributed by atoms with van der Waals surface area (Å²) in [4.78, 5) is 4.21. The maximum atomic E-state index is 13.4. The maximum absolute atomic E-state index is 13.4. The Morgan fingerprint density at radius 2 is 2.33 bits per heavy atom. The molecule has 2 aromatic rings. The molecule has 1 atom stereocenters. The van der Waals surface area contributed by atoms with Crippen LogP contribution in [0.1, 0.15) is 18.0 Å². The monoisotopic (exact) mass is 309 g/mol. The van der Waals surface area contributed by atoms with Gasteiger partial charge in [0.2, 0.25) is 0 Å². The van der Waals surface area contributed by atoms with Crippen molar-refractivity contribution < 1.29 is 4.39 Å². The zero-order chi connectivity index (χ0) is 12.5. The summed E-state index contributed by atoms with van der Waals surface area (Å²) >= 11 is 3.46. The van der Waals surface area contributed by atoms with E-state index in [1.807, 2.05) is 10.8 Å². The van der Waals surface area contributed by atoms with Crippen LogP contribution >= 0.6 is 15.9 Å². The Morgan fingerprint density at radius 1 is 1.44 bits per heavy atom. The lowest BCUT2D eigenvalue weighted by molar-refractivity contribution is 0.625. The first kappa shape index (κ1) is 11.9. The first-order valence-electron chi connectivity index (χ1n) is 5.94. The minimum Gasteiger partial charge on any atom is -0.316 e. The van der Waals surface area contributed by atoms with Gasteiger partial charge in [0.1, 0.15) is 5.82 Å². The van der Waals surface area contributed by atoms with Crippen molar-refractivity contribution in [2.45, 2.75) is 12.3 Å². The second-order valence-electron chi connectivity index (χ2n) is 4.47. The van der Waals surface area contributed by atoms with E-state index < -0.39 is 0 Å². The third-order valence-corrected chi connectivity index (χ3v) is 3.98. The molecule has 0 bridgehead atoms. The average Bonchev–Trinajstić information content (AvgIpc) is 3.00. The van der Waals surface area contributed by atoms with Crippen LogP contribution in [0.3, 0.4) is 0 Å². The van der Waals surface area contributed by atoms with Gasteiger partial charge in [0.25, 0.3) is 0 Å². The summed E-state index contributed by atoms with van der Waals surface area (Å²) in [5.74, 6) is 0.208. The van der Waals surface area contributed by atoms with Crippen LogP contribution in [0.2, 0.25) is 0 Å². The second kappa shape index (κ2) is 4.82. The predicted octanol–water partition coefficient (Wildman–Crippen LogP) is 2.85. The van der Waals surface area contributed by atoms with Gasteiger partial charge in [-0.2, -0.15) is 0 Å². The highest BCUT2D eigenvalue weighted by Gasteiger charge is 2.21. The van der Waals surface area contributed by atoms with Crippen LogP contribution in [0.15, 0.2) is 35.2 Å². The SMILES string of the molecule is Fc1ccc(Br)c(-n2cncc2C2CCNC2)c1. The quantitative estimate of drug-likeness (QED) is 0.924. The van der Waals surface area contributed by atoms with Gasteiger partial charge in [-0.1, -0.05) is 0 Å². The van der Waals surface area contributed by atoms with E-state index in [-0.39, 0.29) is 5.82 Å². The number of hydrogen-bond acceptors (Lipinski definition) is 2. The number of imidazole rings is 1. The molecule has 1 aliphatic rings. The Kier molecular flexibility index (Phi) is 3.18. The highest BCUT2D eigenvalue weighted by Crippen LogP contribution is 2.28. The molecule has 1 fully saturated rings. The topological polar surface area (TPSA) is 29.9 Å². The van der Waals surface area contributed by atoms with Crippen molar-refractivity contribution in [2.75, 3.05) is 13.1 Å². The van der Waals surface area contributed by atoms with E-state index in [1.165, 1.54) is 12.1 Å². The van der Waals surface area contributed by atoms with Crippen molar-refractivity contribution in [3.05, 3.63) is 46.7 Å². The summed E-state index contributed by atoms with van der Waals surface area (Å²) in [5, 5.41) is 3.34. The van der Waals surface area contributed by atoms with Crippen LogP contribution in [-0.4, -0.2) is 22.6 Å². The number of benzene rings is 1. The summed E-state index contributed by atoms with van der Waals surface area (Å²) in [6.07, 6.45) is 4.71. The fourth-order valence-electron chi connectivity index (χ4n) is 2.39. The number of halogens is 2. The van der Waals surface area contributed by atoms with Gasteiger partial charge in [-0.25, -0.2) is 9.37 Å². The average molecular weight is 310 g/mol. The van der Waals surface area contributed by atoms with E-state index in [9.17, 15) is 4.39 Å². The molecule has 18 heavy (non-hydrogen) atoms. The molecule has 1 N–H and O–H groups in total. The molecule has 1 aromatic heterocycles. The van der Waals surface area contributed by atoms with Crippen molar-refractivity contribution >= 4 is 15.9 Å². The van der Waals surface area contributed by atoms with Crippen molar-refractivity contribution in [2.24, 2.45) is 0 Å². The lowest BCUT2D eigenvalue weighted by Gasteiger charge is -2.14. The second-order valence-corrected chi connectivity index (χ2v) is 5.33. The van der Waals surface area contributed by atoms with Gasteiger partial charge in [-0.15, -0.1) is 0 Å². The Labute approximate surface area is 113 Å².